The van der Waals surface area contributed by atoms with E-state index in [0.29, 0.717) is 11.5 Å². The van der Waals surface area contributed by atoms with Crippen LogP contribution in [-0.4, -0.2) is 23.0 Å². The van der Waals surface area contributed by atoms with Crippen LogP contribution in [0.3, 0.4) is 0 Å². The molecule has 0 aromatic heterocycles. The van der Waals surface area contributed by atoms with Crippen molar-refractivity contribution in [2.45, 2.75) is 25.8 Å². The van der Waals surface area contributed by atoms with Crippen LogP contribution < -0.4 is 5.32 Å². The van der Waals surface area contributed by atoms with Gasteiger partial charge in [-0.25, -0.2) is 9.18 Å². The molecule has 1 aliphatic rings. The van der Waals surface area contributed by atoms with Crippen molar-refractivity contribution in [3.8, 4) is 0 Å². The van der Waals surface area contributed by atoms with Gasteiger partial charge >= 0.3 is 5.97 Å². The number of rotatable bonds is 5. The molecule has 4 nitrogen and oxygen atoms in total. The lowest BCUT2D eigenvalue weighted by molar-refractivity contribution is -0.131. The molecule has 0 spiro atoms. The number of aliphatic carboxylic acids is 1. The predicted octanol–water partition coefficient (Wildman–Crippen LogP) is 2.45. The molecule has 1 saturated carbocycles. The Bertz CT molecular complexity index is 568. The number of carbonyl (C=O) groups is 2. The monoisotopic (exact) mass is 277 g/mol. The minimum Gasteiger partial charge on any atom is -0.478 e. The third kappa shape index (κ3) is 3.44. The first-order chi connectivity index (χ1) is 9.51. The Balaban J connectivity index is 2.11. The number of benzene rings is 1. The molecule has 0 saturated heterocycles. The number of hydrogen-bond acceptors (Lipinski definition) is 2. The van der Waals surface area contributed by atoms with E-state index in [0.717, 1.165) is 18.9 Å². The van der Waals surface area contributed by atoms with E-state index in [-0.39, 0.29) is 11.6 Å². The van der Waals surface area contributed by atoms with Crippen molar-refractivity contribution in [2.24, 2.45) is 5.92 Å². The second-order valence-corrected chi connectivity index (χ2v) is 4.89. The molecule has 1 aliphatic carbocycles. The molecule has 0 bridgehead atoms. The number of carboxylic acid groups (broad SMARTS) is 1. The zero-order valence-corrected chi connectivity index (χ0v) is 11.1. The fraction of sp³-hybridized carbons (Fsp3) is 0.333. The number of carbonyl (C=O) groups excluding carboxylic acids is 1. The lowest BCUT2D eigenvalue weighted by Crippen LogP contribution is -2.27. The van der Waals surface area contributed by atoms with Crippen LogP contribution in [0, 0.1) is 11.7 Å². The Kier molecular flexibility index (Phi) is 4.17. The molecule has 106 valence electrons. The molecule has 1 aromatic rings. The summed E-state index contributed by atoms with van der Waals surface area (Å²) < 4.78 is 13.7. The van der Waals surface area contributed by atoms with Crippen LogP contribution in [-0.2, 0) is 4.79 Å². The van der Waals surface area contributed by atoms with E-state index in [1.165, 1.54) is 24.3 Å². The third-order valence-electron chi connectivity index (χ3n) is 3.42. The first-order valence-electron chi connectivity index (χ1n) is 6.52. The zero-order chi connectivity index (χ0) is 14.7. The van der Waals surface area contributed by atoms with Crippen LogP contribution in [0.15, 0.2) is 24.3 Å². The second-order valence-electron chi connectivity index (χ2n) is 4.89. The van der Waals surface area contributed by atoms with Gasteiger partial charge < -0.3 is 10.4 Å². The van der Waals surface area contributed by atoms with Gasteiger partial charge in [0, 0.05) is 12.1 Å². The average molecular weight is 277 g/mol. The summed E-state index contributed by atoms with van der Waals surface area (Å²) in [6.45, 7) is 2.05. The van der Waals surface area contributed by atoms with Crippen molar-refractivity contribution < 1.29 is 19.1 Å². The maximum atomic E-state index is 13.7. The molecule has 0 aliphatic heterocycles. The molecule has 1 amide bonds. The second kappa shape index (κ2) is 5.86. The maximum absolute atomic E-state index is 13.7. The average Bonchev–Trinajstić information content (AvgIpc) is 3.15. The van der Waals surface area contributed by atoms with Crippen molar-refractivity contribution in [3.05, 3.63) is 41.2 Å². The van der Waals surface area contributed by atoms with Gasteiger partial charge in [0.25, 0.3) is 5.91 Å². The van der Waals surface area contributed by atoms with Gasteiger partial charge in [-0.3, -0.25) is 4.79 Å². The van der Waals surface area contributed by atoms with E-state index in [1.807, 2.05) is 0 Å². The molecule has 2 atom stereocenters. The standard InChI is InChI=1S/C15H16FNO3/c1-2-10-8-13(10)17-15(20)11-7-9(3-5-12(11)16)4-6-14(18)19/h3-7,10,13H,2,8H2,1H3,(H,17,20)(H,18,19)/b6-4+. The van der Waals surface area contributed by atoms with E-state index in [9.17, 15) is 14.0 Å². The molecule has 1 aromatic carbocycles. The SMILES string of the molecule is CCC1CC1NC(=O)c1cc(/C=C/C(=O)O)ccc1F. The summed E-state index contributed by atoms with van der Waals surface area (Å²) in [6.07, 6.45) is 4.20. The van der Waals surface area contributed by atoms with E-state index >= 15 is 0 Å². The van der Waals surface area contributed by atoms with Gasteiger partial charge in [-0.05, 0) is 36.1 Å². The predicted molar refractivity (Wildman–Crippen MR) is 72.7 cm³/mol. The van der Waals surface area contributed by atoms with Crippen LogP contribution in [0.4, 0.5) is 4.39 Å². The first-order valence-corrected chi connectivity index (χ1v) is 6.52. The summed E-state index contributed by atoms with van der Waals surface area (Å²) in [7, 11) is 0. The molecule has 0 radical (unpaired) electrons. The third-order valence-corrected chi connectivity index (χ3v) is 3.42. The van der Waals surface area contributed by atoms with Crippen LogP contribution in [0.25, 0.3) is 6.08 Å². The Morgan fingerprint density at radius 1 is 1.50 bits per heavy atom. The first kappa shape index (κ1) is 14.2. The molecule has 2 unspecified atom stereocenters. The van der Waals surface area contributed by atoms with Gasteiger partial charge in [0.1, 0.15) is 5.82 Å². The number of halogens is 1. The van der Waals surface area contributed by atoms with E-state index in [4.69, 9.17) is 5.11 Å². The Labute approximate surface area is 116 Å². The van der Waals surface area contributed by atoms with Crippen molar-refractivity contribution in [1.29, 1.82) is 0 Å². The van der Waals surface area contributed by atoms with Crippen LogP contribution in [0.2, 0.25) is 0 Å². The fourth-order valence-corrected chi connectivity index (χ4v) is 2.11. The zero-order valence-electron chi connectivity index (χ0n) is 11.1. The van der Waals surface area contributed by atoms with E-state index in [1.54, 1.807) is 0 Å². The highest BCUT2D eigenvalue weighted by Gasteiger charge is 2.36. The lowest BCUT2D eigenvalue weighted by atomic mass is 10.1. The van der Waals surface area contributed by atoms with Crippen LogP contribution >= 0.6 is 0 Å². The smallest absolute Gasteiger partial charge is 0.328 e. The van der Waals surface area contributed by atoms with Crippen LogP contribution in [0.5, 0.6) is 0 Å². The maximum Gasteiger partial charge on any atom is 0.328 e. The lowest BCUT2D eigenvalue weighted by Gasteiger charge is -2.06. The highest BCUT2D eigenvalue weighted by molar-refractivity contribution is 5.95. The van der Waals surface area contributed by atoms with Gasteiger partial charge in [-0.15, -0.1) is 0 Å². The molecule has 1 fully saturated rings. The fourth-order valence-electron chi connectivity index (χ4n) is 2.11. The number of amides is 1. The van der Waals surface area contributed by atoms with Gasteiger partial charge in [-0.2, -0.15) is 0 Å². The minimum atomic E-state index is -1.09. The Hall–Kier alpha value is -2.17. The molecular weight excluding hydrogens is 261 g/mol. The van der Waals surface area contributed by atoms with Crippen molar-refractivity contribution in [3.63, 3.8) is 0 Å². The molecule has 5 heteroatoms. The van der Waals surface area contributed by atoms with Crippen LogP contribution in [0.1, 0.15) is 35.7 Å². The Morgan fingerprint density at radius 2 is 2.25 bits per heavy atom. The van der Waals surface area contributed by atoms with Crippen molar-refractivity contribution in [1.82, 2.24) is 5.32 Å². The summed E-state index contributed by atoms with van der Waals surface area (Å²) in [4.78, 5) is 22.4. The van der Waals surface area contributed by atoms with E-state index in [2.05, 4.69) is 12.2 Å². The van der Waals surface area contributed by atoms with E-state index < -0.39 is 17.7 Å². The minimum absolute atomic E-state index is 0.0562. The topological polar surface area (TPSA) is 66.4 Å². The number of nitrogens with one attached hydrogen (secondary N) is 1. The highest BCUT2D eigenvalue weighted by Crippen LogP contribution is 2.33. The Morgan fingerprint density at radius 3 is 2.85 bits per heavy atom. The van der Waals surface area contributed by atoms with Gasteiger partial charge in [-0.1, -0.05) is 19.4 Å². The summed E-state index contributed by atoms with van der Waals surface area (Å²) in [5.41, 5.74) is 0.418. The largest absolute Gasteiger partial charge is 0.478 e. The summed E-state index contributed by atoms with van der Waals surface area (Å²) >= 11 is 0. The van der Waals surface area contributed by atoms with Crippen molar-refractivity contribution >= 4 is 18.0 Å². The van der Waals surface area contributed by atoms with Gasteiger partial charge in [0.05, 0.1) is 5.56 Å². The summed E-state index contributed by atoms with van der Waals surface area (Å²) in [5, 5.41) is 11.3. The molecule has 0 heterocycles. The highest BCUT2D eigenvalue weighted by atomic mass is 19.1. The number of hydrogen-bond donors (Lipinski definition) is 2. The van der Waals surface area contributed by atoms with Gasteiger partial charge in [0.2, 0.25) is 0 Å². The summed E-state index contributed by atoms with van der Waals surface area (Å²) in [5.74, 6) is -1.67. The normalized spacial score (nSPS) is 20.9. The molecule has 20 heavy (non-hydrogen) atoms. The quantitative estimate of drug-likeness (QED) is 0.812. The van der Waals surface area contributed by atoms with Crippen molar-refractivity contribution in [2.75, 3.05) is 0 Å². The summed E-state index contributed by atoms with van der Waals surface area (Å²) in [6, 6.07) is 4.08. The molecular formula is C15H16FNO3. The molecule has 2 N–H and O–H groups in total. The number of carboxylic acids is 1. The van der Waals surface area contributed by atoms with Gasteiger partial charge in [0.15, 0.2) is 0 Å². The molecule has 2 rings (SSSR count).